The maximum atomic E-state index is 13.4. The van der Waals surface area contributed by atoms with Gasteiger partial charge in [0.15, 0.2) is 0 Å². The maximum absolute atomic E-state index is 13.4. The number of amides is 1. The second kappa shape index (κ2) is 5.32. The number of hydrogen-bond acceptors (Lipinski definition) is 1. The minimum atomic E-state index is -0.244. The minimum absolute atomic E-state index is 0.0150. The highest BCUT2D eigenvalue weighted by Crippen LogP contribution is 2.32. The largest absolute Gasteiger partial charge is 0.305 e. The van der Waals surface area contributed by atoms with Crippen molar-refractivity contribution >= 4 is 11.6 Å². The van der Waals surface area contributed by atoms with Crippen molar-refractivity contribution in [1.29, 1.82) is 0 Å². The first kappa shape index (κ1) is 13.8. The van der Waals surface area contributed by atoms with Gasteiger partial charge < -0.3 is 4.90 Å². The lowest BCUT2D eigenvalue weighted by atomic mass is 9.95. The van der Waals surface area contributed by atoms with Crippen LogP contribution in [0.3, 0.4) is 0 Å². The van der Waals surface area contributed by atoms with Gasteiger partial charge in [-0.1, -0.05) is 17.7 Å². The van der Waals surface area contributed by atoms with Crippen LogP contribution in [0.4, 0.5) is 10.1 Å². The van der Waals surface area contributed by atoms with E-state index in [0.717, 1.165) is 29.7 Å². The van der Waals surface area contributed by atoms with Crippen LogP contribution in [-0.2, 0) is 6.42 Å². The number of hydrogen-bond donors (Lipinski definition) is 0. The Kier molecular flexibility index (Phi) is 3.50. The summed E-state index contributed by atoms with van der Waals surface area (Å²) in [5, 5.41) is 0. The number of rotatable bonds is 1. The average Bonchev–Trinajstić information content (AvgIpc) is 2.47. The van der Waals surface area contributed by atoms with E-state index >= 15 is 0 Å². The van der Waals surface area contributed by atoms with Crippen LogP contribution >= 0.6 is 0 Å². The van der Waals surface area contributed by atoms with Crippen molar-refractivity contribution in [2.45, 2.75) is 32.7 Å². The number of aryl methyl sites for hydroxylation is 2. The molecule has 0 saturated heterocycles. The second-order valence-corrected chi connectivity index (χ2v) is 5.71. The number of nitrogens with zero attached hydrogens (tertiary/aromatic N) is 1. The number of benzene rings is 2. The summed E-state index contributed by atoms with van der Waals surface area (Å²) in [6.45, 7) is 4.01. The third kappa shape index (κ3) is 2.56. The third-order valence-corrected chi connectivity index (χ3v) is 4.06. The summed E-state index contributed by atoms with van der Waals surface area (Å²) in [6, 6.07) is 12.4. The van der Waals surface area contributed by atoms with Crippen molar-refractivity contribution in [3.05, 3.63) is 65.0 Å². The van der Waals surface area contributed by atoms with Crippen LogP contribution in [0.2, 0.25) is 0 Å². The van der Waals surface area contributed by atoms with Crippen LogP contribution in [0, 0.1) is 12.7 Å². The zero-order valence-electron chi connectivity index (χ0n) is 12.3. The van der Waals surface area contributed by atoms with Crippen molar-refractivity contribution < 1.29 is 9.18 Å². The Morgan fingerprint density at radius 1 is 1.24 bits per heavy atom. The van der Waals surface area contributed by atoms with E-state index in [-0.39, 0.29) is 17.8 Å². The quantitative estimate of drug-likeness (QED) is 0.771. The molecule has 108 valence electrons. The van der Waals surface area contributed by atoms with Gasteiger partial charge in [-0.15, -0.1) is 0 Å². The molecule has 0 aromatic heterocycles. The van der Waals surface area contributed by atoms with Crippen LogP contribution in [0.25, 0.3) is 0 Å². The van der Waals surface area contributed by atoms with Crippen LogP contribution in [-0.4, -0.2) is 11.9 Å². The lowest BCUT2D eigenvalue weighted by Crippen LogP contribution is -2.42. The summed E-state index contributed by atoms with van der Waals surface area (Å²) < 4.78 is 13.4. The van der Waals surface area contributed by atoms with Crippen molar-refractivity contribution in [2.24, 2.45) is 0 Å². The molecule has 3 rings (SSSR count). The summed E-state index contributed by atoms with van der Waals surface area (Å²) >= 11 is 0. The predicted molar refractivity (Wildman–Crippen MR) is 82.2 cm³/mol. The standard InChI is InChI=1S/C18H18FNO/c1-12-4-3-5-15(10-12)18(21)20-13(2)6-7-14-11-16(19)8-9-17(14)20/h3-5,8-11,13H,6-7H2,1-2H3/t13-/m0/s1. The van der Waals surface area contributed by atoms with Gasteiger partial charge in [0.1, 0.15) is 5.82 Å². The first-order valence-electron chi connectivity index (χ1n) is 7.25. The molecule has 21 heavy (non-hydrogen) atoms. The van der Waals surface area contributed by atoms with Crippen LogP contribution < -0.4 is 4.90 Å². The smallest absolute Gasteiger partial charge is 0.258 e. The molecule has 1 amide bonds. The number of fused-ring (bicyclic) bond motifs is 1. The van der Waals surface area contributed by atoms with Gasteiger partial charge in [-0.05, 0) is 62.6 Å². The highest BCUT2D eigenvalue weighted by atomic mass is 19.1. The lowest BCUT2D eigenvalue weighted by Gasteiger charge is -2.35. The van der Waals surface area contributed by atoms with Gasteiger partial charge in [0.25, 0.3) is 5.91 Å². The van der Waals surface area contributed by atoms with E-state index in [1.165, 1.54) is 12.1 Å². The zero-order chi connectivity index (χ0) is 15.0. The van der Waals surface area contributed by atoms with Gasteiger partial charge in [0.2, 0.25) is 0 Å². The van der Waals surface area contributed by atoms with E-state index in [1.54, 1.807) is 11.0 Å². The Hall–Kier alpha value is -2.16. The summed E-state index contributed by atoms with van der Waals surface area (Å²) in [7, 11) is 0. The van der Waals surface area contributed by atoms with Crippen molar-refractivity contribution in [2.75, 3.05) is 4.90 Å². The molecular formula is C18H18FNO. The normalized spacial score (nSPS) is 17.5. The molecule has 0 spiro atoms. The Morgan fingerprint density at radius 3 is 2.81 bits per heavy atom. The molecule has 0 saturated carbocycles. The summed E-state index contributed by atoms with van der Waals surface area (Å²) in [5.41, 5.74) is 3.49. The summed E-state index contributed by atoms with van der Waals surface area (Å²) in [5.74, 6) is -0.259. The molecule has 0 N–H and O–H groups in total. The van der Waals surface area contributed by atoms with Crippen molar-refractivity contribution in [3.63, 3.8) is 0 Å². The molecule has 1 aliphatic heterocycles. The Labute approximate surface area is 124 Å². The van der Waals surface area contributed by atoms with Crippen molar-refractivity contribution in [3.8, 4) is 0 Å². The molecule has 0 bridgehead atoms. The molecule has 2 nitrogen and oxygen atoms in total. The minimum Gasteiger partial charge on any atom is -0.305 e. The molecule has 2 aromatic carbocycles. The van der Waals surface area contributed by atoms with E-state index in [2.05, 4.69) is 0 Å². The molecule has 0 radical (unpaired) electrons. The number of halogens is 1. The fourth-order valence-electron chi connectivity index (χ4n) is 2.95. The molecule has 0 aliphatic carbocycles. The molecule has 1 atom stereocenters. The van der Waals surface area contributed by atoms with Gasteiger partial charge >= 0.3 is 0 Å². The van der Waals surface area contributed by atoms with Gasteiger partial charge in [0.05, 0.1) is 0 Å². The van der Waals surface area contributed by atoms with Crippen molar-refractivity contribution in [1.82, 2.24) is 0 Å². The molecule has 0 fully saturated rings. The lowest BCUT2D eigenvalue weighted by molar-refractivity contribution is 0.0975. The van der Waals surface area contributed by atoms with E-state index in [9.17, 15) is 9.18 Å². The number of carbonyl (C=O) groups excluding carboxylic acids is 1. The fraction of sp³-hybridized carbons (Fsp3) is 0.278. The molecule has 3 heteroatoms. The van der Waals surface area contributed by atoms with Gasteiger partial charge in [-0.2, -0.15) is 0 Å². The monoisotopic (exact) mass is 283 g/mol. The first-order chi connectivity index (χ1) is 10.1. The highest BCUT2D eigenvalue weighted by molar-refractivity contribution is 6.07. The average molecular weight is 283 g/mol. The topological polar surface area (TPSA) is 20.3 Å². The predicted octanol–water partition coefficient (Wildman–Crippen LogP) is 4.12. The van der Waals surface area contributed by atoms with E-state index in [4.69, 9.17) is 0 Å². The zero-order valence-corrected chi connectivity index (χ0v) is 12.3. The summed E-state index contributed by atoms with van der Waals surface area (Å²) in [6.07, 6.45) is 1.67. The van der Waals surface area contributed by atoms with Gasteiger partial charge in [-0.3, -0.25) is 4.79 Å². The van der Waals surface area contributed by atoms with Crippen LogP contribution in [0.1, 0.15) is 34.8 Å². The summed E-state index contributed by atoms with van der Waals surface area (Å²) in [4.78, 5) is 14.6. The maximum Gasteiger partial charge on any atom is 0.258 e. The molecule has 0 unspecified atom stereocenters. The highest BCUT2D eigenvalue weighted by Gasteiger charge is 2.29. The molecule has 1 heterocycles. The first-order valence-corrected chi connectivity index (χ1v) is 7.25. The Morgan fingerprint density at radius 2 is 2.05 bits per heavy atom. The number of carbonyl (C=O) groups is 1. The fourth-order valence-corrected chi connectivity index (χ4v) is 2.95. The third-order valence-electron chi connectivity index (χ3n) is 4.06. The Balaban J connectivity index is 2.03. The number of anilines is 1. The van der Waals surface area contributed by atoms with E-state index in [0.29, 0.717) is 5.56 Å². The van der Waals surface area contributed by atoms with E-state index in [1.807, 2.05) is 38.1 Å². The molecule has 1 aliphatic rings. The van der Waals surface area contributed by atoms with Gasteiger partial charge in [-0.25, -0.2) is 4.39 Å². The SMILES string of the molecule is Cc1cccc(C(=O)N2c3ccc(F)cc3CC[C@@H]2C)c1. The second-order valence-electron chi connectivity index (χ2n) is 5.71. The van der Waals surface area contributed by atoms with E-state index < -0.39 is 0 Å². The molecule has 2 aromatic rings. The van der Waals surface area contributed by atoms with Crippen LogP contribution in [0.5, 0.6) is 0 Å². The van der Waals surface area contributed by atoms with Crippen LogP contribution in [0.15, 0.2) is 42.5 Å². The Bertz CT molecular complexity index is 695. The molecular weight excluding hydrogens is 265 g/mol. The van der Waals surface area contributed by atoms with Gasteiger partial charge in [0, 0.05) is 17.3 Å².